The number of aromatic nitrogens is 1. The zero-order valence-electron chi connectivity index (χ0n) is 20.9. The molecule has 0 saturated heterocycles. The van der Waals surface area contributed by atoms with Gasteiger partial charge in [0.1, 0.15) is 5.76 Å². The molecular weight excluding hydrogens is 492 g/mol. The molecule has 0 radical (unpaired) electrons. The van der Waals surface area contributed by atoms with Crippen LogP contribution in [0.25, 0.3) is 10.2 Å². The fourth-order valence-corrected chi connectivity index (χ4v) is 5.50. The predicted molar refractivity (Wildman–Crippen MR) is 141 cm³/mol. The Morgan fingerprint density at radius 2 is 1.95 bits per heavy atom. The van der Waals surface area contributed by atoms with E-state index in [1.165, 1.54) is 29.4 Å². The van der Waals surface area contributed by atoms with E-state index in [0.717, 1.165) is 22.2 Å². The smallest absolute Gasteiger partial charge is 0.296 e. The number of methoxy groups -OCH3 is 1. The number of thiazole rings is 1. The lowest BCUT2D eigenvalue weighted by Crippen LogP contribution is -2.31. The number of carbonyl (C=O) groups excluding carboxylic acids is 2. The molecule has 1 aliphatic heterocycles. The van der Waals surface area contributed by atoms with Crippen molar-refractivity contribution in [1.82, 2.24) is 4.98 Å². The second kappa shape index (κ2) is 9.74. The van der Waals surface area contributed by atoms with Gasteiger partial charge in [-0.1, -0.05) is 30.4 Å². The Labute approximate surface area is 217 Å². The lowest BCUT2D eigenvalue weighted by atomic mass is 9.95. The van der Waals surface area contributed by atoms with Gasteiger partial charge in [-0.05, 0) is 67.8 Å². The van der Waals surface area contributed by atoms with Crippen molar-refractivity contribution in [3.63, 3.8) is 0 Å². The van der Waals surface area contributed by atoms with Gasteiger partial charge in [0.2, 0.25) is 5.78 Å². The SMILES string of the molecule is CCOc1ccc([C@H]2C(C(=O)c3ccc(C)o3)=C(O)C(=O)N2c2nc3ccc(CC)cc3s2)cc1OC. The maximum atomic E-state index is 13.6. The van der Waals surface area contributed by atoms with Gasteiger partial charge in [-0.3, -0.25) is 14.5 Å². The topological polar surface area (TPSA) is 102 Å². The highest BCUT2D eigenvalue weighted by Crippen LogP contribution is 2.46. The summed E-state index contributed by atoms with van der Waals surface area (Å²) in [6.07, 6.45) is 0.865. The number of furan rings is 1. The standard InChI is InChI=1S/C28H26N2O6S/c1-5-16-8-10-18-22(13-16)37-28(29-18)30-24(17-9-12-19(35-6-2)21(14-17)34-4)23(26(32)27(30)33)25(31)20-11-7-15(3)36-20/h7-14,24,32H,5-6H2,1-4H3/t24-/m0/s1. The van der Waals surface area contributed by atoms with Crippen LogP contribution in [0.4, 0.5) is 5.13 Å². The molecule has 5 rings (SSSR count). The highest BCUT2D eigenvalue weighted by Gasteiger charge is 2.46. The molecular formula is C28H26N2O6S. The van der Waals surface area contributed by atoms with E-state index in [-0.39, 0.29) is 11.3 Å². The number of ketones is 1. The normalized spacial score (nSPS) is 15.6. The molecule has 1 amide bonds. The fraction of sp³-hybridized carbons (Fsp3) is 0.250. The summed E-state index contributed by atoms with van der Waals surface area (Å²) in [4.78, 5) is 33.2. The highest BCUT2D eigenvalue weighted by atomic mass is 32.1. The molecule has 0 bridgehead atoms. The van der Waals surface area contributed by atoms with Crippen LogP contribution in [0.5, 0.6) is 11.5 Å². The van der Waals surface area contributed by atoms with Gasteiger partial charge in [0, 0.05) is 0 Å². The Morgan fingerprint density at radius 3 is 2.62 bits per heavy atom. The van der Waals surface area contributed by atoms with Crippen LogP contribution in [0.2, 0.25) is 0 Å². The van der Waals surface area contributed by atoms with Gasteiger partial charge >= 0.3 is 0 Å². The molecule has 4 aromatic rings. The van der Waals surface area contributed by atoms with E-state index >= 15 is 0 Å². The summed E-state index contributed by atoms with van der Waals surface area (Å²) in [7, 11) is 1.52. The Kier molecular flexibility index (Phi) is 6.47. The predicted octanol–water partition coefficient (Wildman–Crippen LogP) is 5.95. The highest BCUT2D eigenvalue weighted by molar-refractivity contribution is 7.22. The van der Waals surface area contributed by atoms with Gasteiger partial charge in [-0.2, -0.15) is 0 Å². The number of anilines is 1. The first-order valence-corrected chi connectivity index (χ1v) is 12.8. The zero-order chi connectivity index (χ0) is 26.3. The summed E-state index contributed by atoms with van der Waals surface area (Å²) < 4.78 is 17.6. The van der Waals surface area contributed by atoms with Crippen molar-refractivity contribution in [2.24, 2.45) is 0 Å². The molecule has 1 atom stereocenters. The maximum absolute atomic E-state index is 13.6. The lowest BCUT2D eigenvalue weighted by molar-refractivity contribution is -0.117. The fourth-order valence-electron chi connectivity index (χ4n) is 4.45. The van der Waals surface area contributed by atoms with Gasteiger partial charge in [0.15, 0.2) is 28.1 Å². The average molecular weight is 519 g/mol. The summed E-state index contributed by atoms with van der Waals surface area (Å²) in [5.74, 6) is -0.372. The number of hydrogen-bond donors (Lipinski definition) is 1. The number of nitrogens with zero attached hydrogens (tertiary/aromatic N) is 2. The van der Waals surface area contributed by atoms with E-state index in [1.54, 1.807) is 31.2 Å². The van der Waals surface area contributed by atoms with E-state index in [4.69, 9.17) is 13.9 Å². The van der Waals surface area contributed by atoms with Crippen molar-refractivity contribution >= 4 is 38.4 Å². The molecule has 8 nitrogen and oxygen atoms in total. The minimum atomic E-state index is -0.957. The number of hydrogen-bond acceptors (Lipinski definition) is 8. The van der Waals surface area contributed by atoms with Crippen LogP contribution in [-0.4, -0.2) is 35.5 Å². The average Bonchev–Trinajstić information content (AvgIpc) is 3.59. The van der Waals surface area contributed by atoms with Crippen LogP contribution in [0.3, 0.4) is 0 Å². The van der Waals surface area contributed by atoms with Crippen molar-refractivity contribution in [3.8, 4) is 11.5 Å². The van der Waals surface area contributed by atoms with E-state index in [9.17, 15) is 14.7 Å². The summed E-state index contributed by atoms with van der Waals surface area (Å²) in [5.41, 5.74) is 2.35. The van der Waals surface area contributed by atoms with Gasteiger partial charge in [0.05, 0.1) is 35.5 Å². The lowest BCUT2D eigenvalue weighted by Gasteiger charge is -2.25. The third kappa shape index (κ3) is 4.25. The van der Waals surface area contributed by atoms with Crippen LogP contribution in [-0.2, 0) is 11.2 Å². The Bertz CT molecular complexity index is 1550. The maximum Gasteiger partial charge on any atom is 0.296 e. The number of aliphatic hydroxyl groups excluding tert-OH is 1. The molecule has 1 N–H and O–H groups in total. The number of aliphatic hydroxyl groups is 1. The number of aryl methyl sites for hydroxylation is 2. The summed E-state index contributed by atoms with van der Waals surface area (Å²) >= 11 is 1.33. The number of rotatable bonds is 8. The molecule has 2 aromatic heterocycles. The molecule has 37 heavy (non-hydrogen) atoms. The number of ether oxygens (including phenoxy) is 2. The van der Waals surface area contributed by atoms with Gasteiger partial charge < -0.3 is 19.0 Å². The molecule has 3 heterocycles. The molecule has 1 aliphatic rings. The minimum absolute atomic E-state index is 0.0356. The van der Waals surface area contributed by atoms with E-state index in [2.05, 4.69) is 11.9 Å². The van der Waals surface area contributed by atoms with Crippen molar-refractivity contribution in [2.75, 3.05) is 18.6 Å². The molecule has 0 unspecified atom stereocenters. The van der Waals surface area contributed by atoms with Crippen LogP contribution in [0.15, 0.2) is 64.3 Å². The first-order chi connectivity index (χ1) is 17.9. The van der Waals surface area contributed by atoms with Gasteiger partial charge in [-0.25, -0.2) is 4.98 Å². The molecule has 0 fully saturated rings. The minimum Gasteiger partial charge on any atom is -0.503 e. The number of Topliss-reactive ketones (excluding diaryl/α,β-unsaturated/α-hetero) is 1. The van der Waals surface area contributed by atoms with Crippen LogP contribution < -0.4 is 14.4 Å². The van der Waals surface area contributed by atoms with E-state index in [1.807, 2.05) is 25.1 Å². The molecule has 190 valence electrons. The second-order valence-corrected chi connectivity index (χ2v) is 9.58. The number of carbonyl (C=O) groups is 2. The largest absolute Gasteiger partial charge is 0.503 e. The Balaban J connectivity index is 1.68. The first kappa shape index (κ1) is 24.6. The van der Waals surface area contributed by atoms with E-state index in [0.29, 0.717) is 34.6 Å². The van der Waals surface area contributed by atoms with E-state index < -0.39 is 23.5 Å². The molecule has 2 aromatic carbocycles. The first-order valence-electron chi connectivity index (χ1n) is 11.9. The third-order valence-corrected chi connectivity index (χ3v) is 7.29. The number of benzene rings is 2. The summed E-state index contributed by atoms with van der Waals surface area (Å²) in [6, 6.07) is 13.4. The number of amides is 1. The quantitative estimate of drug-likeness (QED) is 0.288. The monoisotopic (exact) mass is 518 g/mol. The van der Waals surface area contributed by atoms with Crippen LogP contribution in [0.1, 0.15) is 47.3 Å². The zero-order valence-corrected chi connectivity index (χ0v) is 21.7. The van der Waals surface area contributed by atoms with Crippen LogP contribution in [0, 0.1) is 6.92 Å². The Morgan fingerprint density at radius 1 is 1.14 bits per heavy atom. The van der Waals surface area contributed by atoms with Gasteiger partial charge in [-0.15, -0.1) is 0 Å². The molecule has 9 heteroatoms. The third-order valence-electron chi connectivity index (χ3n) is 6.28. The number of fused-ring (bicyclic) bond motifs is 1. The second-order valence-electron chi connectivity index (χ2n) is 8.57. The molecule has 0 spiro atoms. The van der Waals surface area contributed by atoms with Crippen molar-refractivity contribution in [1.29, 1.82) is 0 Å². The summed E-state index contributed by atoms with van der Waals surface area (Å²) in [6.45, 7) is 6.10. The molecule has 0 aliphatic carbocycles. The van der Waals surface area contributed by atoms with Crippen molar-refractivity contribution < 1.29 is 28.6 Å². The van der Waals surface area contributed by atoms with Crippen LogP contribution >= 0.6 is 11.3 Å². The van der Waals surface area contributed by atoms with Crippen molar-refractivity contribution in [2.45, 2.75) is 33.2 Å². The summed E-state index contributed by atoms with van der Waals surface area (Å²) in [5, 5.41) is 11.4. The van der Waals surface area contributed by atoms with Gasteiger partial charge in [0.25, 0.3) is 5.91 Å². The van der Waals surface area contributed by atoms with Crippen molar-refractivity contribution in [3.05, 3.63) is 82.5 Å². The Hall–Kier alpha value is -4.11. The molecule has 0 saturated carbocycles.